The lowest BCUT2D eigenvalue weighted by Gasteiger charge is -2.04. The van der Waals surface area contributed by atoms with Gasteiger partial charge in [0.1, 0.15) is 0 Å². The highest BCUT2D eigenvalue weighted by molar-refractivity contribution is 5.76. The van der Waals surface area contributed by atoms with Crippen LogP contribution in [0.25, 0.3) is 0 Å². The van der Waals surface area contributed by atoms with Crippen LogP contribution in [0.3, 0.4) is 0 Å². The van der Waals surface area contributed by atoms with Crippen molar-refractivity contribution in [2.75, 3.05) is 0 Å². The van der Waals surface area contributed by atoms with Crippen LogP contribution in [0.2, 0.25) is 0 Å². The van der Waals surface area contributed by atoms with Crippen LogP contribution in [0.1, 0.15) is 17.7 Å². The van der Waals surface area contributed by atoms with Gasteiger partial charge in [-0.3, -0.25) is 14.6 Å². The van der Waals surface area contributed by atoms with Crippen LogP contribution >= 0.6 is 0 Å². The van der Waals surface area contributed by atoms with E-state index in [1.165, 1.54) is 6.07 Å². The molecule has 0 spiro atoms. The molecular formula is C13H14N4O3. The predicted octanol–water partition coefficient (Wildman–Crippen LogP) is 0.119. The van der Waals surface area contributed by atoms with E-state index >= 15 is 0 Å². The zero-order valence-electron chi connectivity index (χ0n) is 10.7. The summed E-state index contributed by atoms with van der Waals surface area (Å²) in [6.07, 6.45) is 3.91. The molecule has 0 fully saturated rings. The maximum absolute atomic E-state index is 11.6. The second-order valence-corrected chi connectivity index (χ2v) is 4.21. The van der Waals surface area contributed by atoms with Gasteiger partial charge in [-0.25, -0.2) is 5.10 Å². The quantitative estimate of drug-likeness (QED) is 0.717. The smallest absolute Gasteiger partial charge is 0.306 e. The fourth-order valence-corrected chi connectivity index (χ4v) is 1.60. The Balaban J connectivity index is 1.80. The molecule has 7 heteroatoms. The van der Waals surface area contributed by atoms with Crippen LogP contribution in [0, 0.1) is 0 Å². The van der Waals surface area contributed by atoms with E-state index in [1.807, 2.05) is 6.07 Å². The molecule has 0 aliphatic rings. The van der Waals surface area contributed by atoms with Crippen LogP contribution in [0.4, 0.5) is 0 Å². The predicted molar refractivity (Wildman–Crippen MR) is 70.9 cm³/mol. The Morgan fingerprint density at radius 1 is 1.45 bits per heavy atom. The molecule has 0 aliphatic heterocycles. The first-order valence-corrected chi connectivity index (χ1v) is 6.08. The van der Waals surface area contributed by atoms with Gasteiger partial charge in [-0.05, 0) is 11.6 Å². The maximum Gasteiger partial charge on any atom is 0.306 e. The van der Waals surface area contributed by atoms with E-state index in [2.05, 4.69) is 20.5 Å². The molecule has 0 radical (unpaired) electrons. The summed E-state index contributed by atoms with van der Waals surface area (Å²) in [6.45, 7) is 0.414. The molecule has 2 heterocycles. The zero-order valence-corrected chi connectivity index (χ0v) is 10.7. The Kier molecular flexibility index (Phi) is 4.43. The number of carbonyl (C=O) groups excluding carboxylic acids is 1. The van der Waals surface area contributed by atoms with Gasteiger partial charge >= 0.3 is 5.56 Å². The molecule has 2 rings (SSSR count). The van der Waals surface area contributed by atoms with E-state index in [1.54, 1.807) is 18.5 Å². The molecule has 0 aliphatic carbocycles. The van der Waals surface area contributed by atoms with E-state index in [0.29, 0.717) is 18.7 Å². The molecule has 0 aromatic carbocycles. The molecule has 0 unspecified atom stereocenters. The van der Waals surface area contributed by atoms with Crippen molar-refractivity contribution >= 4 is 5.91 Å². The van der Waals surface area contributed by atoms with Crippen LogP contribution in [-0.2, 0) is 17.8 Å². The highest BCUT2D eigenvalue weighted by Crippen LogP contribution is 2.03. The van der Waals surface area contributed by atoms with Gasteiger partial charge < -0.3 is 10.4 Å². The molecule has 0 saturated carbocycles. The van der Waals surface area contributed by atoms with Crippen LogP contribution in [0.15, 0.2) is 35.4 Å². The fraction of sp³-hybridized carbons (Fsp3) is 0.231. The minimum absolute atomic E-state index is 0.138. The van der Waals surface area contributed by atoms with Gasteiger partial charge in [0.15, 0.2) is 5.75 Å². The number of aromatic nitrogens is 3. The van der Waals surface area contributed by atoms with Crippen molar-refractivity contribution in [3.8, 4) is 5.75 Å². The zero-order chi connectivity index (χ0) is 14.4. The molecule has 0 atom stereocenters. The van der Waals surface area contributed by atoms with Crippen LogP contribution in [0.5, 0.6) is 5.75 Å². The summed E-state index contributed by atoms with van der Waals surface area (Å²) in [4.78, 5) is 26.5. The molecule has 0 saturated heterocycles. The number of aromatic amines is 1. The number of aromatic hydroxyl groups is 1. The van der Waals surface area contributed by atoms with Gasteiger partial charge in [-0.2, -0.15) is 5.10 Å². The number of hydrogen-bond donors (Lipinski definition) is 3. The van der Waals surface area contributed by atoms with E-state index in [0.717, 1.165) is 5.56 Å². The van der Waals surface area contributed by atoms with Gasteiger partial charge in [0.05, 0.1) is 5.69 Å². The number of hydrogen-bond acceptors (Lipinski definition) is 5. The van der Waals surface area contributed by atoms with E-state index in [9.17, 15) is 14.7 Å². The number of rotatable bonds is 5. The van der Waals surface area contributed by atoms with Crippen molar-refractivity contribution in [3.05, 3.63) is 52.2 Å². The number of nitrogens with one attached hydrogen (secondary N) is 2. The van der Waals surface area contributed by atoms with Gasteiger partial charge in [0.25, 0.3) is 0 Å². The van der Waals surface area contributed by atoms with Crippen molar-refractivity contribution in [2.45, 2.75) is 19.4 Å². The molecule has 2 aromatic rings. The van der Waals surface area contributed by atoms with Gasteiger partial charge in [0, 0.05) is 37.8 Å². The summed E-state index contributed by atoms with van der Waals surface area (Å²) in [5.74, 6) is -0.535. The average molecular weight is 274 g/mol. The number of carbonyl (C=O) groups is 1. The molecule has 2 aromatic heterocycles. The molecule has 20 heavy (non-hydrogen) atoms. The highest BCUT2D eigenvalue weighted by Gasteiger charge is 2.05. The summed E-state index contributed by atoms with van der Waals surface area (Å²) in [7, 11) is 0. The van der Waals surface area contributed by atoms with Gasteiger partial charge in [-0.15, -0.1) is 0 Å². The minimum Gasteiger partial charge on any atom is -0.503 e. The number of H-pyrrole nitrogens is 1. The molecule has 0 bridgehead atoms. The Morgan fingerprint density at radius 3 is 3.00 bits per heavy atom. The Morgan fingerprint density at radius 2 is 2.30 bits per heavy atom. The lowest BCUT2D eigenvalue weighted by Crippen LogP contribution is -2.23. The maximum atomic E-state index is 11.6. The second-order valence-electron chi connectivity index (χ2n) is 4.21. The van der Waals surface area contributed by atoms with Crippen LogP contribution in [-0.4, -0.2) is 26.2 Å². The number of aryl methyl sites for hydroxylation is 1. The van der Waals surface area contributed by atoms with E-state index in [4.69, 9.17) is 0 Å². The molecular weight excluding hydrogens is 260 g/mol. The van der Waals surface area contributed by atoms with Crippen molar-refractivity contribution in [3.63, 3.8) is 0 Å². The second kappa shape index (κ2) is 6.46. The van der Waals surface area contributed by atoms with Gasteiger partial charge in [0.2, 0.25) is 5.91 Å². The first-order valence-electron chi connectivity index (χ1n) is 6.08. The lowest BCUT2D eigenvalue weighted by molar-refractivity contribution is -0.121. The summed E-state index contributed by atoms with van der Waals surface area (Å²) in [6, 6.07) is 4.93. The highest BCUT2D eigenvalue weighted by atomic mass is 16.3. The lowest BCUT2D eigenvalue weighted by atomic mass is 10.2. The Hall–Kier alpha value is -2.70. The monoisotopic (exact) mass is 274 g/mol. The normalized spacial score (nSPS) is 10.2. The molecule has 1 amide bonds. The minimum atomic E-state index is -0.644. The summed E-state index contributed by atoms with van der Waals surface area (Å²) in [5, 5.41) is 17.9. The summed E-state index contributed by atoms with van der Waals surface area (Å²) >= 11 is 0. The van der Waals surface area contributed by atoms with Crippen LogP contribution < -0.4 is 10.9 Å². The fourth-order valence-electron chi connectivity index (χ4n) is 1.60. The molecule has 104 valence electrons. The first kappa shape index (κ1) is 13.7. The van der Waals surface area contributed by atoms with Gasteiger partial charge in [-0.1, -0.05) is 6.07 Å². The van der Waals surface area contributed by atoms with E-state index in [-0.39, 0.29) is 12.3 Å². The number of amides is 1. The van der Waals surface area contributed by atoms with Crippen molar-refractivity contribution in [1.29, 1.82) is 0 Å². The van der Waals surface area contributed by atoms with Crippen molar-refractivity contribution in [2.24, 2.45) is 0 Å². The van der Waals surface area contributed by atoms with Crippen molar-refractivity contribution in [1.82, 2.24) is 20.5 Å². The third-order valence-electron chi connectivity index (χ3n) is 2.66. The number of nitrogens with zero attached hydrogens (tertiary/aromatic N) is 2. The SMILES string of the molecule is O=C(CCc1cc(O)c(=O)[nH]n1)NCc1cccnc1. The standard InChI is InChI=1S/C13H14N4O3/c18-11-6-10(16-17-13(11)20)3-4-12(19)15-8-9-2-1-5-14-7-9/h1-2,5-7H,3-4,8H2,(H,15,19)(H,16,18)(H,17,20). The van der Waals surface area contributed by atoms with E-state index < -0.39 is 11.3 Å². The molecule has 3 N–H and O–H groups in total. The first-order chi connectivity index (χ1) is 9.65. The Labute approximate surface area is 114 Å². The number of pyridine rings is 1. The summed E-state index contributed by atoms with van der Waals surface area (Å²) < 4.78 is 0. The van der Waals surface area contributed by atoms with Crippen molar-refractivity contribution < 1.29 is 9.90 Å². The molecule has 7 nitrogen and oxygen atoms in total. The topological polar surface area (TPSA) is 108 Å². The Bertz CT molecular complexity index is 640. The average Bonchev–Trinajstić information content (AvgIpc) is 2.47. The third-order valence-corrected chi connectivity index (χ3v) is 2.66. The third kappa shape index (κ3) is 3.91. The summed E-state index contributed by atoms with van der Waals surface area (Å²) in [5.41, 5.74) is 0.731. The largest absolute Gasteiger partial charge is 0.503 e.